The van der Waals surface area contributed by atoms with Gasteiger partial charge in [0.2, 0.25) is 0 Å². The standard InChI is InChI=1S/C13H17N5O/c1-9-12(17-7-15-9)5-14-13-4-11(16-8-18-13)10-2-3-19-6-10/h4,7-8,10H,2-3,5-6H2,1H3,(H,15,17)(H,14,16,18). The van der Waals surface area contributed by atoms with E-state index >= 15 is 0 Å². The predicted molar refractivity (Wildman–Crippen MR) is 70.9 cm³/mol. The molecule has 0 saturated carbocycles. The Hall–Kier alpha value is -1.95. The highest BCUT2D eigenvalue weighted by molar-refractivity contribution is 5.36. The summed E-state index contributed by atoms with van der Waals surface area (Å²) in [5.74, 6) is 1.23. The smallest absolute Gasteiger partial charge is 0.129 e. The van der Waals surface area contributed by atoms with Crippen LogP contribution in [0.3, 0.4) is 0 Å². The molecule has 1 aliphatic rings. The van der Waals surface area contributed by atoms with Gasteiger partial charge in [-0.05, 0) is 13.3 Å². The van der Waals surface area contributed by atoms with Gasteiger partial charge in [0.15, 0.2) is 0 Å². The van der Waals surface area contributed by atoms with E-state index in [4.69, 9.17) is 4.74 Å². The Bertz CT molecular complexity index is 547. The van der Waals surface area contributed by atoms with Gasteiger partial charge in [-0.25, -0.2) is 15.0 Å². The highest BCUT2D eigenvalue weighted by Crippen LogP contribution is 2.24. The number of anilines is 1. The lowest BCUT2D eigenvalue weighted by Gasteiger charge is -2.09. The first kappa shape index (κ1) is 12.1. The molecule has 1 unspecified atom stereocenters. The maximum absolute atomic E-state index is 5.39. The fourth-order valence-electron chi connectivity index (χ4n) is 2.20. The monoisotopic (exact) mass is 259 g/mol. The van der Waals surface area contributed by atoms with Gasteiger partial charge in [0.25, 0.3) is 0 Å². The Morgan fingerprint density at radius 2 is 2.37 bits per heavy atom. The van der Waals surface area contributed by atoms with Crippen molar-refractivity contribution in [3.05, 3.63) is 35.8 Å². The minimum Gasteiger partial charge on any atom is -0.381 e. The number of nitrogens with zero attached hydrogens (tertiary/aromatic N) is 3. The van der Waals surface area contributed by atoms with Gasteiger partial charge in [0.1, 0.15) is 12.1 Å². The number of H-pyrrole nitrogens is 1. The van der Waals surface area contributed by atoms with Crippen molar-refractivity contribution in [1.82, 2.24) is 19.9 Å². The van der Waals surface area contributed by atoms with Gasteiger partial charge in [-0.3, -0.25) is 0 Å². The van der Waals surface area contributed by atoms with Gasteiger partial charge in [-0.2, -0.15) is 0 Å². The van der Waals surface area contributed by atoms with E-state index < -0.39 is 0 Å². The SMILES string of the molecule is Cc1[nH]cnc1CNc1cc(C2CCOC2)ncn1. The Morgan fingerprint density at radius 3 is 3.11 bits per heavy atom. The lowest BCUT2D eigenvalue weighted by atomic mass is 10.1. The molecule has 3 rings (SSSR count). The molecule has 0 aromatic carbocycles. The molecule has 1 saturated heterocycles. The summed E-state index contributed by atoms with van der Waals surface area (Å²) in [5.41, 5.74) is 3.13. The second-order valence-corrected chi connectivity index (χ2v) is 4.72. The summed E-state index contributed by atoms with van der Waals surface area (Å²) in [6.45, 7) is 4.25. The molecule has 0 aliphatic carbocycles. The normalized spacial score (nSPS) is 18.7. The summed E-state index contributed by atoms with van der Waals surface area (Å²) in [4.78, 5) is 15.9. The number of hydrogen-bond donors (Lipinski definition) is 2. The number of imidazole rings is 1. The highest BCUT2D eigenvalue weighted by atomic mass is 16.5. The van der Waals surface area contributed by atoms with Crippen LogP contribution in [0.15, 0.2) is 18.7 Å². The van der Waals surface area contributed by atoms with Crippen LogP contribution in [0.5, 0.6) is 0 Å². The first-order valence-corrected chi connectivity index (χ1v) is 6.45. The van der Waals surface area contributed by atoms with E-state index in [0.29, 0.717) is 12.5 Å². The number of ether oxygens (including phenoxy) is 1. The molecule has 6 heteroatoms. The topological polar surface area (TPSA) is 75.7 Å². The second-order valence-electron chi connectivity index (χ2n) is 4.72. The average Bonchev–Trinajstić information content (AvgIpc) is 3.08. The van der Waals surface area contributed by atoms with Crippen LogP contribution in [0.1, 0.15) is 29.4 Å². The number of hydrogen-bond acceptors (Lipinski definition) is 5. The average molecular weight is 259 g/mol. The van der Waals surface area contributed by atoms with E-state index in [1.165, 1.54) is 0 Å². The van der Waals surface area contributed by atoms with Gasteiger partial charge in [0.05, 0.1) is 30.9 Å². The molecule has 1 fully saturated rings. The van der Waals surface area contributed by atoms with Gasteiger partial charge < -0.3 is 15.0 Å². The minimum absolute atomic E-state index is 0.399. The molecule has 100 valence electrons. The van der Waals surface area contributed by atoms with Crippen LogP contribution in [0.4, 0.5) is 5.82 Å². The number of aryl methyl sites for hydroxylation is 1. The number of rotatable bonds is 4. The number of nitrogens with one attached hydrogen (secondary N) is 2. The van der Waals surface area contributed by atoms with Crippen molar-refractivity contribution in [2.24, 2.45) is 0 Å². The lowest BCUT2D eigenvalue weighted by molar-refractivity contribution is 0.193. The summed E-state index contributed by atoms with van der Waals surface area (Å²) >= 11 is 0. The van der Waals surface area contributed by atoms with Crippen LogP contribution in [0.25, 0.3) is 0 Å². The van der Waals surface area contributed by atoms with E-state index in [-0.39, 0.29) is 0 Å². The maximum Gasteiger partial charge on any atom is 0.129 e. The van der Waals surface area contributed by atoms with Crippen molar-refractivity contribution < 1.29 is 4.74 Å². The summed E-state index contributed by atoms with van der Waals surface area (Å²) < 4.78 is 5.39. The van der Waals surface area contributed by atoms with Crippen molar-refractivity contribution in [3.63, 3.8) is 0 Å². The number of aromatic nitrogens is 4. The second kappa shape index (κ2) is 5.36. The van der Waals surface area contributed by atoms with Crippen molar-refractivity contribution in [2.45, 2.75) is 25.8 Å². The first-order chi connectivity index (χ1) is 9.33. The molecule has 2 aromatic rings. The van der Waals surface area contributed by atoms with Gasteiger partial charge in [0, 0.05) is 24.3 Å². The van der Waals surface area contributed by atoms with Gasteiger partial charge in [-0.1, -0.05) is 0 Å². The molecule has 2 N–H and O–H groups in total. The zero-order chi connectivity index (χ0) is 13.1. The van der Waals surface area contributed by atoms with Crippen LogP contribution in [-0.4, -0.2) is 33.1 Å². The molecule has 19 heavy (non-hydrogen) atoms. The Labute approximate surface area is 111 Å². The summed E-state index contributed by atoms with van der Waals surface area (Å²) in [6, 6.07) is 2.00. The third kappa shape index (κ3) is 2.73. The summed E-state index contributed by atoms with van der Waals surface area (Å²) in [7, 11) is 0. The van der Waals surface area contributed by atoms with Gasteiger partial charge >= 0.3 is 0 Å². The van der Waals surface area contributed by atoms with Crippen LogP contribution in [0, 0.1) is 6.92 Å². The fourth-order valence-corrected chi connectivity index (χ4v) is 2.20. The predicted octanol–water partition coefficient (Wildman–Crippen LogP) is 1.62. The van der Waals surface area contributed by atoms with Crippen LogP contribution in [0.2, 0.25) is 0 Å². The zero-order valence-electron chi connectivity index (χ0n) is 10.9. The van der Waals surface area contributed by atoms with Crippen molar-refractivity contribution in [2.75, 3.05) is 18.5 Å². The zero-order valence-corrected chi connectivity index (χ0v) is 10.9. The quantitative estimate of drug-likeness (QED) is 0.872. The first-order valence-electron chi connectivity index (χ1n) is 6.45. The van der Waals surface area contributed by atoms with E-state index in [1.54, 1.807) is 12.7 Å². The Kier molecular flexibility index (Phi) is 3.41. The summed E-state index contributed by atoms with van der Waals surface area (Å²) in [6.07, 6.45) is 4.34. The number of aromatic amines is 1. The molecule has 1 atom stereocenters. The molecular weight excluding hydrogens is 242 g/mol. The maximum atomic E-state index is 5.39. The third-order valence-electron chi connectivity index (χ3n) is 3.41. The molecule has 1 aliphatic heterocycles. The fraction of sp³-hybridized carbons (Fsp3) is 0.462. The molecule has 0 radical (unpaired) electrons. The molecular formula is C13H17N5O. The molecule has 0 spiro atoms. The van der Waals surface area contributed by atoms with E-state index in [1.807, 2.05) is 13.0 Å². The van der Waals surface area contributed by atoms with E-state index in [0.717, 1.165) is 42.5 Å². The van der Waals surface area contributed by atoms with Crippen molar-refractivity contribution >= 4 is 5.82 Å². The van der Waals surface area contributed by atoms with E-state index in [9.17, 15) is 0 Å². The van der Waals surface area contributed by atoms with Crippen LogP contribution >= 0.6 is 0 Å². The largest absolute Gasteiger partial charge is 0.381 e. The van der Waals surface area contributed by atoms with Crippen LogP contribution in [-0.2, 0) is 11.3 Å². The molecule has 0 amide bonds. The molecule has 6 nitrogen and oxygen atoms in total. The lowest BCUT2D eigenvalue weighted by Crippen LogP contribution is -2.06. The Balaban J connectivity index is 1.67. The molecule has 2 aromatic heterocycles. The summed E-state index contributed by atoms with van der Waals surface area (Å²) in [5, 5.41) is 3.28. The minimum atomic E-state index is 0.399. The van der Waals surface area contributed by atoms with Gasteiger partial charge in [-0.15, -0.1) is 0 Å². The third-order valence-corrected chi connectivity index (χ3v) is 3.41. The van der Waals surface area contributed by atoms with Crippen molar-refractivity contribution in [3.8, 4) is 0 Å². The highest BCUT2D eigenvalue weighted by Gasteiger charge is 2.19. The van der Waals surface area contributed by atoms with E-state index in [2.05, 4.69) is 25.3 Å². The Morgan fingerprint density at radius 1 is 1.42 bits per heavy atom. The van der Waals surface area contributed by atoms with Crippen LogP contribution < -0.4 is 5.32 Å². The van der Waals surface area contributed by atoms with Crippen molar-refractivity contribution in [1.29, 1.82) is 0 Å². The molecule has 3 heterocycles. The molecule has 0 bridgehead atoms.